The van der Waals surface area contributed by atoms with E-state index < -0.39 is 5.60 Å². The van der Waals surface area contributed by atoms with Crippen molar-refractivity contribution in [2.24, 2.45) is 0 Å². The zero-order valence-electron chi connectivity index (χ0n) is 13.4. The quantitative estimate of drug-likeness (QED) is 0.545. The molecule has 1 amide bonds. The summed E-state index contributed by atoms with van der Waals surface area (Å²) >= 11 is 0. The standard InChI is InChI=1S/C15H28N2O3/c1-7-17(11-9-16-14(19)12(2)3)10-8-13(18)20-15(4,5)6/h2,7-11H2,1,3-6H3,(H,16,19). The maximum atomic E-state index is 11.6. The molecule has 0 aliphatic carbocycles. The molecule has 1 N–H and O–H groups in total. The molecule has 116 valence electrons. The number of esters is 1. The van der Waals surface area contributed by atoms with Gasteiger partial charge in [0.05, 0.1) is 6.42 Å². The van der Waals surface area contributed by atoms with Crippen molar-refractivity contribution in [2.75, 3.05) is 26.2 Å². The summed E-state index contributed by atoms with van der Waals surface area (Å²) < 4.78 is 5.26. The second kappa shape index (κ2) is 8.74. The zero-order chi connectivity index (χ0) is 15.8. The highest BCUT2D eigenvalue weighted by Gasteiger charge is 2.16. The summed E-state index contributed by atoms with van der Waals surface area (Å²) in [5.41, 5.74) is 0.0608. The van der Waals surface area contributed by atoms with E-state index in [1.165, 1.54) is 0 Å². The highest BCUT2D eigenvalue weighted by Crippen LogP contribution is 2.08. The van der Waals surface area contributed by atoms with Crippen LogP contribution in [-0.4, -0.2) is 48.6 Å². The van der Waals surface area contributed by atoms with Crippen LogP contribution in [0.2, 0.25) is 0 Å². The molecule has 0 heterocycles. The first-order chi connectivity index (χ1) is 9.15. The predicted molar refractivity (Wildman–Crippen MR) is 80.4 cm³/mol. The van der Waals surface area contributed by atoms with Gasteiger partial charge in [-0.15, -0.1) is 0 Å². The van der Waals surface area contributed by atoms with E-state index in [9.17, 15) is 9.59 Å². The fourth-order valence-electron chi connectivity index (χ4n) is 1.55. The van der Waals surface area contributed by atoms with Crippen molar-refractivity contribution in [1.29, 1.82) is 0 Å². The van der Waals surface area contributed by atoms with Crippen LogP contribution < -0.4 is 5.32 Å². The number of likely N-dealkylation sites (N-methyl/N-ethyl adjacent to an activating group) is 1. The lowest BCUT2D eigenvalue weighted by molar-refractivity contribution is -0.155. The molecule has 0 saturated carbocycles. The summed E-state index contributed by atoms with van der Waals surface area (Å²) in [4.78, 5) is 25.1. The monoisotopic (exact) mass is 284 g/mol. The minimum Gasteiger partial charge on any atom is -0.460 e. The van der Waals surface area contributed by atoms with Gasteiger partial charge in [-0.05, 0) is 34.2 Å². The lowest BCUT2D eigenvalue weighted by Crippen LogP contribution is -2.36. The lowest BCUT2D eigenvalue weighted by atomic mass is 10.2. The second-order valence-corrected chi connectivity index (χ2v) is 5.81. The third-order valence-corrected chi connectivity index (χ3v) is 2.60. The molecular formula is C15H28N2O3. The van der Waals surface area contributed by atoms with E-state index in [0.29, 0.717) is 31.6 Å². The van der Waals surface area contributed by atoms with E-state index in [1.807, 2.05) is 27.7 Å². The summed E-state index contributed by atoms with van der Waals surface area (Å²) in [6.45, 7) is 15.6. The minimum absolute atomic E-state index is 0.131. The third-order valence-electron chi connectivity index (χ3n) is 2.60. The smallest absolute Gasteiger partial charge is 0.307 e. The number of hydrogen-bond donors (Lipinski definition) is 1. The SMILES string of the molecule is C=C(C)C(=O)NCCN(CC)CCC(=O)OC(C)(C)C. The van der Waals surface area contributed by atoms with E-state index >= 15 is 0 Å². The van der Waals surface area contributed by atoms with Crippen molar-refractivity contribution in [1.82, 2.24) is 10.2 Å². The largest absolute Gasteiger partial charge is 0.460 e. The van der Waals surface area contributed by atoms with Crippen LogP contribution in [0.25, 0.3) is 0 Å². The van der Waals surface area contributed by atoms with Gasteiger partial charge in [-0.1, -0.05) is 13.5 Å². The van der Waals surface area contributed by atoms with Gasteiger partial charge in [-0.25, -0.2) is 0 Å². The molecule has 0 saturated heterocycles. The summed E-state index contributed by atoms with van der Waals surface area (Å²) in [6, 6.07) is 0. The molecule has 0 aromatic rings. The number of hydrogen-bond acceptors (Lipinski definition) is 4. The Morgan fingerprint density at radius 2 is 1.85 bits per heavy atom. The Morgan fingerprint density at radius 1 is 1.25 bits per heavy atom. The Hall–Kier alpha value is -1.36. The molecule has 0 aromatic heterocycles. The van der Waals surface area contributed by atoms with Crippen molar-refractivity contribution in [3.05, 3.63) is 12.2 Å². The number of carbonyl (C=O) groups is 2. The van der Waals surface area contributed by atoms with Crippen LogP contribution in [0.4, 0.5) is 0 Å². The topological polar surface area (TPSA) is 58.6 Å². The van der Waals surface area contributed by atoms with Crippen LogP contribution in [0.15, 0.2) is 12.2 Å². The molecule has 0 aliphatic rings. The van der Waals surface area contributed by atoms with Crippen LogP contribution in [0.5, 0.6) is 0 Å². The van der Waals surface area contributed by atoms with Gasteiger partial charge < -0.3 is 15.0 Å². The fourth-order valence-corrected chi connectivity index (χ4v) is 1.55. The van der Waals surface area contributed by atoms with Gasteiger partial charge in [-0.2, -0.15) is 0 Å². The first-order valence-corrected chi connectivity index (χ1v) is 7.03. The molecule has 0 spiro atoms. The molecule has 0 aliphatic heterocycles. The van der Waals surface area contributed by atoms with Crippen molar-refractivity contribution < 1.29 is 14.3 Å². The minimum atomic E-state index is -0.441. The fraction of sp³-hybridized carbons (Fsp3) is 0.733. The molecule has 0 fully saturated rings. The number of amides is 1. The van der Waals surface area contributed by atoms with Crippen LogP contribution in [-0.2, 0) is 14.3 Å². The average molecular weight is 284 g/mol. The van der Waals surface area contributed by atoms with Gasteiger partial charge in [0.1, 0.15) is 5.60 Å². The number of carbonyl (C=O) groups excluding carboxylic acids is 2. The normalized spacial score (nSPS) is 11.3. The van der Waals surface area contributed by atoms with Gasteiger partial charge in [0.2, 0.25) is 5.91 Å². The molecule has 20 heavy (non-hydrogen) atoms. The first-order valence-electron chi connectivity index (χ1n) is 7.03. The summed E-state index contributed by atoms with van der Waals surface area (Å²) in [5.74, 6) is -0.324. The second-order valence-electron chi connectivity index (χ2n) is 5.81. The Bertz CT molecular complexity index is 346. The Balaban J connectivity index is 3.96. The maximum Gasteiger partial charge on any atom is 0.307 e. The Kier molecular flexibility index (Phi) is 8.15. The van der Waals surface area contributed by atoms with E-state index in [2.05, 4.69) is 16.8 Å². The average Bonchev–Trinajstić information content (AvgIpc) is 2.30. The van der Waals surface area contributed by atoms with E-state index in [0.717, 1.165) is 6.54 Å². The van der Waals surface area contributed by atoms with Gasteiger partial charge in [0.25, 0.3) is 0 Å². The number of nitrogens with zero attached hydrogens (tertiary/aromatic N) is 1. The first kappa shape index (κ1) is 18.6. The summed E-state index contributed by atoms with van der Waals surface area (Å²) in [7, 11) is 0. The molecule has 0 radical (unpaired) electrons. The number of ether oxygens (including phenoxy) is 1. The molecule has 5 heteroatoms. The molecule has 5 nitrogen and oxygen atoms in total. The van der Waals surface area contributed by atoms with Crippen LogP contribution in [0.3, 0.4) is 0 Å². The van der Waals surface area contributed by atoms with Crippen LogP contribution >= 0.6 is 0 Å². The van der Waals surface area contributed by atoms with Crippen LogP contribution in [0, 0.1) is 0 Å². The molecule has 0 unspecified atom stereocenters. The molecular weight excluding hydrogens is 256 g/mol. The predicted octanol–water partition coefficient (Wildman–Crippen LogP) is 1.73. The van der Waals surface area contributed by atoms with Gasteiger partial charge in [0, 0.05) is 25.2 Å². The van der Waals surface area contributed by atoms with E-state index in [4.69, 9.17) is 4.74 Å². The van der Waals surface area contributed by atoms with E-state index in [-0.39, 0.29) is 11.9 Å². The van der Waals surface area contributed by atoms with Gasteiger partial charge in [0.15, 0.2) is 0 Å². The highest BCUT2D eigenvalue weighted by molar-refractivity contribution is 5.92. The zero-order valence-corrected chi connectivity index (χ0v) is 13.4. The van der Waals surface area contributed by atoms with Crippen molar-refractivity contribution >= 4 is 11.9 Å². The molecule has 0 bridgehead atoms. The van der Waals surface area contributed by atoms with Crippen molar-refractivity contribution in [3.8, 4) is 0 Å². The molecule has 0 aromatic carbocycles. The van der Waals surface area contributed by atoms with Gasteiger partial charge >= 0.3 is 5.97 Å². The van der Waals surface area contributed by atoms with Gasteiger partial charge in [-0.3, -0.25) is 9.59 Å². The van der Waals surface area contributed by atoms with E-state index in [1.54, 1.807) is 6.92 Å². The Morgan fingerprint density at radius 3 is 2.30 bits per heavy atom. The number of rotatable bonds is 8. The van der Waals surface area contributed by atoms with Crippen molar-refractivity contribution in [2.45, 2.75) is 46.6 Å². The van der Waals surface area contributed by atoms with Crippen LogP contribution in [0.1, 0.15) is 41.0 Å². The van der Waals surface area contributed by atoms with Crippen molar-refractivity contribution in [3.63, 3.8) is 0 Å². The lowest BCUT2D eigenvalue weighted by Gasteiger charge is -2.23. The Labute approximate surface area is 122 Å². The maximum absolute atomic E-state index is 11.6. The third kappa shape index (κ3) is 9.55. The highest BCUT2D eigenvalue weighted by atomic mass is 16.6. The summed E-state index contributed by atoms with van der Waals surface area (Å²) in [5, 5.41) is 2.78. The summed E-state index contributed by atoms with van der Waals surface area (Å²) in [6.07, 6.45) is 0.361. The number of nitrogens with one attached hydrogen (secondary N) is 1. The molecule has 0 atom stereocenters. The molecule has 0 rings (SSSR count).